The largest absolute Gasteiger partial charge is 0.485 e. The molecule has 0 aliphatic carbocycles. The van der Waals surface area contributed by atoms with Crippen LogP contribution >= 0.6 is 0 Å². The van der Waals surface area contributed by atoms with Gasteiger partial charge in [0.25, 0.3) is 5.91 Å². The lowest BCUT2D eigenvalue weighted by molar-refractivity contribution is 0.0912. The van der Waals surface area contributed by atoms with Crippen molar-refractivity contribution < 1.29 is 14.3 Å². The predicted molar refractivity (Wildman–Crippen MR) is 89.9 cm³/mol. The number of ether oxygens (including phenoxy) is 1. The van der Waals surface area contributed by atoms with Gasteiger partial charge in [0, 0.05) is 5.56 Å². The van der Waals surface area contributed by atoms with E-state index in [1.165, 1.54) is 5.56 Å². The minimum atomic E-state index is -0.578. The van der Waals surface area contributed by atoms with E-state index < -0.39 is 5.91 Å². The van der Waals surface area contributed by atoms with Gasteiger partial charge in [0.1, 0.15) is 5.75 Å². The Morgan fingerprint density at radius 3 is 2.35 bits per heavy atom. The van der Waals surface area contributed by atoms with Crippen molar-refractivity contribution >= 4 is 11.7 Å². The summed E-state index contributed by atoms with van der Waals surface area (Å²) in [5.74, 6) is 0.0772. The molecule has 4 nitrogen and oxygen atoms in total. The van der Waals surface area contributed by atoms with Gasteiger partial charge in [0.05, 0.1) is 5.56 Å². The number of carbonyl (C=O) groups is 2. The highest BCUT2D eigenvalue weighted by atomic mass is 16.5. The first-order chi connectivity index (χ1) is 11.0. The van der Waals surface area contributed by atoms with E-state index in [0.29, 0.717) is 17.2 Å². The van der Waals surface area contributed by atoms with Gasteiger partial charge in [0.15, 0.2) is 12.4 Å². The summed E-state index contributed by atoms with van der Waals surface area (Å²) in [6, 6.07) is 14.2. The molecule has 0 saturated carbocycles. The smallest absolute Gasteiger partial charge is 0.252 e. The van der Waals surface area contributed by atoms with Crippen molar-refractivity contribution in [3.05, 3.63) is 65.2 Å². The van der Waals surface area contributed by atoms with Gasteiger partial charge in [-0.25, -0.2) is 0 Å². The molecule has 0 bridgehead atoms. The number of benzene rings is 2. The molecule has 1 atom stereocenters. The van der Waals surface area contributed by atoms with Crippen LogP contribution in [-0.4, -0.2) is 18.3 Å². The zero-order chi connectivity index (χ0) is 16.8. The molecule has 0 aliphatic rings. The van der Waals surface area contributed by atoms with E-state index in [2.05, 4.69) is 13.8 Å². The van der Waals surface area contributed by atoms with Gasteiger partial charge in [-0.2, -0.15) is 0 Å². The molecule has 0 aliphatic heterocycles. The first-order valence-corrected chi connectivity index (χ1v) is 7.67. The van der Waals surface area contributed by atoms with Crippen molar-refractivity contribution in [2.45, 2.75) is 26.2 Å². The topological polar surface area (TPSA) is 69.4 Å². The van der Waals surface area contributed by atoms with Crippen molar-refractivity contribution in [2.24, 2.45) is 5.73 Å². The second kappa shape index (κ2) is 7.58. The van der Waals surface area contributed by atoms with Gasteiger partial charge in [-0.3, -0.25) is 9.59 Å². The van der Waals surface area contributed by atoms with Gasteiger partial charge in [-0.15, -0.1) is 0 Å². The second-order valence-corrected chi connectivity index (χ2v) is 5.50. The molecule has 4 heteroatoms. The van der Waals surface area contributed by atoms with Crippen LogP contribution in [0, 0.1) is 0 Å². The molecule has 2 rings (SSSR count). The SMILES string of the molecule is CC[C@@H](C)c1ccc(C(=O)COc2ccccc2C(N)=O)cc1. The number of hydrogen-bond acceptors (Lipinski definition) is 3. The zero-order valence-corrected chi connectivity index (χ0v) is 13.4. The molecule has 1 amide bonds. The second-order valence-electron chi connectivity index (χ2n) is 5.50. The number of ketones is 1. The predicted octanol–water partition coefficient (Wildman–Crippen LogP) is 3.56. The molecule has 0 radical (unpaired) electrons. The van der Waals surface area contributed by atoms with Crippen LogP contribution in [0.25, 0.3) is 0 Å². The Balaban J connectivity index is 2.04. The molecule has 2 aromatic rings. The number of para-hydroxylation sites is 1. The lowest BCUT2D eigenvalue weighted by Crippen LogP contribution is -2.16. The molecule has 23 heavy (non-hydrogen) atoms. The van der Waals surface area contributed by atoms with Crippen LogP contribution in [0.3, 0.4) is 0 Å². The van der Waals surface area contributed by atoms with Gasteiger partial charge in [-0.05, 0) is 30.0 Å². The highest BCUT2D eigenvalue weighted by Crippen LogP contribution is 2.20. The average molecular weight is 311 g/mol. The third-order valence-corrected chi connectivity index (χ3v) is 3.93. The molecule has 0 fully saturated rings. The van der Waals surface area contributed by atoms with Crippen molar-refractivity contribution in [1.82, 2.24) is 0 Å². The standard InChI is InChI=1S/C19H21NO3/c1-3-13(2)14-8-10-15(11-9-14)17(21)12-23-18-7-5-4-6-16(18)19(20)22/h4-11,13H,3,12H2,1-2H3,(H2,20,22)/t13-/m1/s1. The van der Waals surface area contributed by atoms with Crippen LogP contribution in [0.5, 0.6) is 5.75 Å². The number of hydrogen-bond donors (Lipinski definition) is 1. The quantitative estimate of drug-likeness (QED) is 0.795. The third kappa shape index (κ3) is 4.19. The average Bonchev–Trinajstić information content (AvgIpc) is 2.59. The molecule has 2 aromatic carbocycles. The summed E-state index contributed by atoms with van der Waals surface area (Å²) >= 11 is 0. The van der Waals surface area contributed by atoms with Gasteiger partial charge in [-0.1, -0.05) is 50.2 Å². The molecule has 0 spiro atoms. The van der Waals surface area contributed by atoms with E-state index in [4.69, 9.17) is 10.5 Å². The van der Waals surface area contributed by atoms with E-state index in [1.54, 1.807) is 24.3 Å². The summed E-state index contributed by atoms with van der Waals surface area (Å²) in [5, 5.41) is 0. The highest BCUT2D eigenvalue weighted by Gasteiger charge is 2.12. The Labute approximate surface area is 136 Å². The number of nitrogens with two attached hydrogens (primary N) is 1. The van der Waals surface area contributed by atoms with E-state index in [-0.39, 0.29) is 18.0 Å². The van der Waals surface area contributed by atoms with Crippen molar-refractivity contribution in [3.8, 4) is 5.75 Å². The maximum atomic E-state index is 12.2. The number of Topliss-reactive ketones (excluding diaryl/α,β-unsaturated/α-hetero) is 1. The highest BCUT2D eigenvalue weighted by molar-refractivity contribution is 5.98. The fourth-order valence-electron chi connectivity index (χ4n) is 2.26. The van der Waals surface area contributed by atoms with Crippen LogP contribution in [-0.2, 0) is 0 Å². The Bertz CT molecular complexity index is 692. The third-order valence-electron chi connectivity index (χ3n) is 3.93. The minimum absolute atomic E-state index is 0.132. The molecule has 2 N–H and O–H groups in total. The van der Waals surface area contributed by atoms with Crippen LogP contribution in [0.15, 0.2) is 48.5 Å². The van der Waals surface area contributed by atoms with Crippen molar-refractivity contribution in [3.63, 3.8) is 0 Å². The van der Waals surface area contributed by atoms with E-state index in [9.17, 15) is 9.59 Å². The Kier molecular flexibility index (Phi) is 5.52. The molecule has 0 heterocycles. The fourth-order valence-corrected chi connectivity index (χ4v) is 2.26. The molecule has 0 saturated heterocycles. The molecule has 0 aromatic heterocycles. The van der Waals surface area contributed by atoms with Gasteiger partial charge in [0.2, 0.25) is 0 Å². The monoisotopic (exact) mass is 311 g/mol. The van der Waals surface area contributed by atoms with E-state index >= 15 is 0 Å². The molecular formula is C19H21NO3. The maximum absolute atomic E-state index is 12.2. The van der Waals surface area contributed by atoms with Crippen molar-refractivity contribution in [1.29, 1.82) is 0 Å². The summed E-state index contributed by atoms with van der Waals surface area (Å²) in [7, 11) is 0. The molecule has 0 unspecified atom stereocenters. The Hall–Kier alpha value is -2.62. The van der Waals surface area contributed by atoms with Crippen molar-refractivity contribution in [2.75, 3.05) is 6.61 Å². The normalized spacial score (nSPS) is 11.7. The summed E-state index contributed by atoms with van der Waals surface area (Å²) in [6.45, 7) is 4.15. The summed E-state index contributed by atoms with van der Waals surface area (Å²) < 4.78 is 5.46. The molecular weight excluding hydrogens is 290 g/mol. The van der Waals surface area contributed by atoms with E-state index in [1.807, 2.05) is 24.3 Å². The molecule has 120 valence electrons. The number of amides is 1. The Morgan fingerprint density at radius 1 is 1.09 bits per heavy atom. The first kappa shape index (κ1) is 16.7. The summed E-state index contributed by atoms with van der Waals surface area (Å²) in [4.78, 5) is 23.5. The fraction of sp³-hybridized carbons (Fsp3) is 0.263. The van der Waals surface area contributed by atoms with Crippen LogP contribution in [0.1, 0.15) is 52.5 Å². The van der Waals surface area contributed by atoms with Gasteiger partial charge >= 0.3 is 0 Å². The summed E-state index contributed by atoms with van der Waals surface area (Å²) in [6.07, 6.45) is 1.06. The minimum Gasteiger partial charge on any atom is -0.485 e. The first-order valence-electron chi connectivity index (χ1n) is 7.67. The maximum Gasteiger partial charge on any atom is 0.252 e. The Morgan fingerprint density at radius 2 is 1.74 bits per heavy atom. The number of rotatable bonds is 7. The van der Waals surface area contributed by atoms with E-state index in [0.717, 1.165) is 6.42 Å². The zero-order valence-electron chi connectivity index (χ0n) is 13.4. The van der Waals surface area contributed by atoms with Gasteiger partial charge < -0.3 is 10.5 Å². The number of primary amides is 1. The van der Waals surface area contributed by atoms with Crippen LogP contribution < -0.4 is 10.5 Å². The lowest BCUT2D eigenvalue weighted by Gasteiger charge is -2.11. The number of carbonyl (C=O) groups excluding carboxylic acids is 2. The van der Waals surface area contributed by atoms with Crippen LogP contribution in [0.2, 0.25) is 0 Å². The summed E-state index contributed by atoms with van der Waals surface area (Å²) in [5.41, 5.74) is 7.36. The van der Waals surface area contributed by atoms with Crippen LogP contribution in [0.4, 0.5) is 0 Å². The lowest BCUT2D eigenvalue weighted by atomic mass is 9.97.